The predicted octanol–water partition coefficient (Wildman–Crippen LogP) is 2.29. The van der Waals surface area contributed by atoms with Crippen molar-refractivity contribution in [1.29, 1.82) is 0 Å². The van der Waals surface area contributed by atoms with Crippen molar-refractivity contribution in [1.82, 2.24) is 4.98 Å². The molecule has 0 amide bonds. The van der Waals surface area contributed by atoms with Gasteiger partial charge in [0, 0.05) is 11.4 Å². The Labute approximate surface area is 77.8 Å². The minimum absolute atomic E-state index is 0.500. The van der Waals surface area contributed by atoms with Gasteiger partial charge < -0.3 is 5.73 Å². The van der Waals surface area contributed by atoms with Crippen molar-refractivity contribution in [2.45, 2.75) is 39.7 Å². The van der Waals surface area contributed by atoms with E-state index in [0.29, 0.717) is 12.5 Å². The first-order valence-corrected chi connectivity index (χ1v) is 5.19. The Morgan fingerprint density at radius 2 is 2.17 bits per heavy atom. The van der Waals surface area contributed by atoms with E-state index in [4.69, 9.17) is 5.73 Å². The maximum absolute atomic E-state index is 5.63. The summed E-state index contributed by atoms with van der Waals surface area (Å²) in [5, 5.41) is 1.21. The summed E-state index contributed by atoms with van der Waals surface area (Å²) in [6.45, 7) is 7.08. The molecule has 2 N–H and O–H groups in total. The van der Waals surface area contributed by atoms with E-state index in [1.807, 2.05) is 0 Å². The first-order chi connectivity index (χ1) is 5.69. The zero-order chi connectivity index (χ0) is 9.14. The number of nitrogens with two attached hydrogens (primary N) is 1. The van der Waals surface area contributed by atoms with Crippen LogP contribution in [0.5, 0.6) is 0 Å². The Morgan fingerprint density at radius 1 is 1.50 bits per heavy atom. The molecule has 1 rings (SSSR count). The number of aromatic nitrogens is 1. The van der Waals surface area contributed by atoms with Gasteiger partial charge in [-0.25, -0.2) is 4.98 Å². The van der Waals surface area contributed by atoms with Crippen molar-refractivity contribution in [3.8, 4) is 0 Å². The molecule has 1 aromatic heterocycles. The van der Waals surface area contributed by atoms with Crippen molar-refractivity contribution < 1.29 is 0 Å². The minimum Gasteiger partial charge on any atom is -0.326 e. The number of hydrogen-bond donors (Lipinski definition) is 1. The lowest BCUT2D eigenvalue weighted by Crippen LogP contribution is -1.99. The average Bonchev–Trinajstić information content (AvgIpc) is 2.47. The fourth-order valence-corrected chi connectivity index (χ4v) is 2.20. The molecule has 3 heteroatoms. The SMILES string of the molecule is CCc1nc(C(C)C)c(CN)s1. The molecule has 0 bridgehead atoms. The number of hydrogen-bond acceptors (Lipinski definition) is 3. The van der Waals surface area contributed by atoms with Gasteiger partial charge in [0.2, 0.25) is 0 Å². The van der Waals surface area contributed by atoms with Gasteiger partial charge in [0.25, 0.3) is 0 Å². The van der Waals surface area contributed by atoms with Crippen molar-refractivity contribution in [2.75, 3.05) is 0 Å². The summed E-state index contributed by atoms with van der Waals surface area (Å²) >= 11 is 1.75. The molecule has 0 aromatic carbocycles. The standard InChI is InChI=1S/C9H16N2S/c1-4-8-11-9(6(2)3)7(5-10)12-8/h6H,4-5,10H2,1-3H3. The molecule has 0 unspecified atom stereocenters. The summed E-state index contributed by atoms with van der Waals surface area (Å²) in [6, 6.07) is 0. The van der Waals surface area contributed by atoms with Crippen LogP contribution < -0.4 is 5.73 Å². The Balaban J connectivity index is 3.00. The van der Waals surface area contributed by atoms with Gasteiger partial charge >= 0.3 is 0 Å². The highest BCUT2D eigenvalue weighted by Crippen LogP contribution is 2.24. The van der Waals surface area contributed by atoms with Crippen LogP contribution in [0.1, 0.15) is 42.3 Å². The molecule has 0 aliphatic carbocycles. The molecule has 0 atom stereocenters. The highest BCUT2D eigenvalue weighted by atomic mass is 32.1. The Hall–Kier alpha value is -0.410. The Morgan fingerprint density at radius 3 is 2.50 bits per heavy atom. The van der Waals surface area contributed by atoms with E-state index in [2.05, 4.69) is 25.8 Å². The summed E-state index contributed by atoms with van der Waals surface area (Å²) < 4.78 is 0. The first kappa shape index (κ1) is 9.68. The normalized spacial score (nSPS) is 11.1. The van der Waals surface area contributed by atoms with Crippen LogP contribution in [-0.4, -0.2) is 4.98 Å². The predicted molar refractivity (Wildman–Crippen MR) is 53.5 cm³/mol. The molecule has 0 aliphatic heterocycles. The second kappa shape index (κ2) is 4.01. The lowest BCUT2D eigenvalue weighted by Gasteiger charge is -2.01. The third-order valence-corrected chi connectivity index (χ3v) is 3.04. The van der Waals surface area contributed by atoms with E-state index in [9.17, 15) is 0 Å². The third-order valence-electron chi connectivity index (χ3n) is 1.81. The number of rotatable bonds is 3. The highest BCUT2D eigenvalue weighted by molar-refractivity contribution is 7.11. The minimum atomic E-state index is 0.500. The van der Waals surface area contributed by atoms with Gasteiger partial charge in [0.05, 0.1) is 10.7 Å². The van der Waals surface area contributed by atoms with E-state index >= 15 is 0 Å². The first-order valence-electron chi connectivity index (χ1n) is 4.37. The fraction of sp³-hybridized carbons (Fsp3) is 0.667. The van der Waals surface area contributed by atoms with Crippen LogP contribution in [0.3, 0.4) is 0 Å². The van der Waals surface area contributed by atoms with Crippen LogP contribution in [0.4, 0.5) is 0 Å². The lowest BCUT2D eigenvalue weighted by atomic mass is 10.1. The van der Waals surface area contributed by atoms with Crippen molar-refractivity contribution in [3.05, 3.63) is 15.6 Å². The maximum Gasteiger partial charge on any atom is 0.0929 e. The van der Waals surface area contributed by atoms with Gasteiger partial charge in [-0.1, -0.05) is 20.8 Å². The van der Waals surface area contributed by atoms with Crippen LogP contribution in [0.2, 0.25) is 0 Å². The van der Waals surface area contributed by atoms with Crippen molar-refractivity contribution in [2.24, 2.45) is 5.73 Å². The van der Waals surface area contributed by atoms with E-state index in [1.165, 1.54) is 15.6 Å². The van der Waals surface area contributed by atoms with Crippen molar-refractivity contribution in [3.63, 3.8) is 0 Å². The second-order valence-electron chi connectivity index (χ2n) is 3.13. The number of thiazole rings is 1. The van der Waals surface area contributed by atoms with Crippen LogP contribution >= 0.6 is 11.3 Å². The summed E-state index contributed by atoms with van der Waals surface area (Å²) in [7, 11) is 0. The average molecular weight is 184 g/mol. The molecule has 1 aromatic rings. The quantitative estimate of drug-likeness (QED) is 0.782. The van der Waals surface area contributed by atoms with E-state index in [0.717, 1.165) is 6.42 Å². The molecule has 1 heterocycles. The summed E-state index contributed by atoms with van der Waals surface area (Å²) in [6.07, 6.45) is 1.02. The monoisotopic (exact) mass is 184 g/mol. The highest BCUT2D eigenvalue weighted by Gasteiger charge is 2.11. The van der Waals surface area contributed by atoms with Gasteiger partial charge in [0.15, 0.2) is 0 Å². The maximum atomic E-state index is 5.63. The molecular weight excluding hydrogens is 168 g/mol. The van der Waals surface area contributed by atoms with E-state index in [1.54, 1.807) is 11.3 Å². The largest absolute Gasteiger partial charge is 0.326 e. The molecule has 0 radical (unpaired) electrons. The van der Waals surface area contributed by atoms with Gasteiger partial charge in [-0.15, -0.1) is 11.3 Å². The molecule has 0 saturated heterocycles. The zero-order valence-corrected chi connectivity index (χ0v) is 8.74. The van der Waals surface area contributed by atoms with Gasteiger partial charge in [-0.3, -0.25) is 0 Å². The smallest absolute Gasteiger partial charge is 0.0929 e. The third kappa shape index (κ3) is 1.84. The van der Waals surface area contributed by atoms with E-state index < -0.39 is 0 Å². The summed E-state index contributed by atoms with van der Waals surface area (Å²) in [5.41, 5.74) is 6.82. The topological polar surface area (TPSA) is 38.9 Å². The van der Waals surface area contributed by atoms with Crippen molar-refractivity contribution >= 4 is 11.3 Å². The van der Waals surface area contributed by atoms with Gasteiger partial charge in [0.1, 0.15) is 0 Å². The lowest BCUT2D eigenvalue weighted by molar-refractivity contribution is 0.805. The Bertz CT molecular complexity index is 253. The van der Waals surface area contributed by atoms with Crippen LogP contribution in [0, 0.1) is 0 Å². The Kier molecular flexibility index (Phi) is 3.23. The molecule has 0 saturated carbocycles. The molecule has 0 aliphatic rings. The molecule has 2 nitrogen and oxygen atoms in total. The molecule has 12 heavy (non-hydrogen) atoms. The molecular formula is C9H16N2S. The van der Waals surface area contributed by atoms with Gasteiger partial charge in [-0.05, 0) is 12.3 Å². The van der Waals surface area contributed by atoms with Gasteiger partial charge in [-0.2, -0.15) is 0 Å². The number of aryl methyl sites for hydroxylation is 1. The fourth-order valence-electron chi connectivity index (χ4n) is 1.16. The molecule has 0 fully saturated rings. The van der Waals surface area contributed by atoms with Crippen LogP contribution in [0.15, 0.2) is 0 Å². The summed E-state index contributed by atoms with van der Waals surface area (Å²) in [4.78, 5) is 5.79. The van der Waals surface area contributed by atoms with Crippen LogP contribution in [0.25, 0.3) is 0 Å². The van der Waals surface area contributed by atoms with E-state index in [-0.39, 0.29) is 0 Å². The van der Waals surface area contributed by atoms with Crippen LogP contribution in [-0.2, 0) is 13.0 Å². The zero-order valence-electron chi connectivity index (χ0n) is 7.92. The second-order valence-corrected chi connectivity index (χ2v) is 4.30. The number of nitrogens with zero attached hydrogens (tertiary/aromatic N) is 1. The summed E-state index contributed by atoms with van der Waals surface area (Å²) in [5.74, 6) is 0.500. The molecule has 68 valence electrons. The molecule has 0 spiro atoms.